The van der Waals surface area contributed by atoms with Crippen LogP contribution in [0.4, 0.5) is 0 Å². The minimum atomic E-state index is -0.104. The zero-order chi connectivity index (χ0) is 16.2. The number of hydrogen-bond donors (Lipinski definition) is 0. The van der Waals surface area contributed by atoms with Crippen LogP contribution in [0.1, 0.15) is 64.2 Å². The smallest absolute Gasteiger partial charge is 0.233 e. The first-order valence-electron chi connectivity index (χ1n) is 9.31. The molecule has 1 aliphatic carbocycles. The molecule has 3 aliphatic rings. The van der Waals surface area contributed by atoms with Crippen molar-refractivity contribution in [2.45, 2.75) is 64.2 Å². The Kier molecular flexibility index (Phi) is 5.34. The average Bonchev–Trinajstić information content (AvgIpc) is 2.77. The molecule has 1 saturated carbocycles. The van der Waals surface area contributed by atoms with E-state index in [4.69, 9.17) is 0 Å². The molecule has 0 radical (unpaired) electrons. The second-order valence-electron chi connectivity index (χ2n) is 7.22. The molecule has 23 heavy (non-hydrogen) atoms. The maximum Gasteiger partial charge on any atom is 0.233 e. The second kappa shape index (κ2) is 7.45. The number of nitrogens with zero attached hydrogens (tertiary/aromatic N) is 2. The molecular formula is C18H28N2O3. The van der Waals surface area contributed by atoms with Crippen molar-refractivity contribution in [3.8, 4) is 0 Å². The molecule has 2 aliphatic heterocycles. The molecule has 2 unspecified atom stereocenters. The fourth-order valence-corrected chi connectivity index (χ4v) is 4.31. The zero-order valence-electron chi connectivity index (χ0n) is 14.0. The second-order valence-corrected chi connectivity index (χ2v) is 7.22. The maximum absolute atomic E-state index is 12.4. The predicted octanol–water partition coefficient (Wildman–Crippen LogP) is 2.34. The Bertz CT molecular complexity index is 445. The average molecular weight is 320 g/mol. The van der Waals surface area contributed by atoms with Gasteiger partial charge in [0.05, 0.1) is 11.8 Å². The van der Waals surface area contributed by atoms with Gasteiger partial charge in [-0.2, -0.15) is 0 Å². The lowest BCUT2D eigenvalue weighted by atomic mass is 9.81. The summed E-state index contributed by atoms with van der Waals surface area (Å²) in [4.78, 5) is 40.6. The molecule has 0 aromatic heterocycles. The summed E-state index contributed by atoms with van der Waals surface area (Å²) < 4.78 is 0. The van der Waals surface area contributed by atoms with Crippen LogP contribution < -0.4 is 0 Å². The normalized spacial score (nSPS) is 29.2. The number of likely N-dealkylation sites (tertiary alicyclic amines) is 2. The van der Waals surface area contributed by atoms with Gasteiger partial charge in [-0.15, -0.1) is 0 Å². The van der Waals surface area contributed by atoms with Crippen LogP contribution in [0.3, 0.4) is 0 Å². The number of imide groups is 1. The van der Waals surface area contributed by atoms with Crippen molar-refractivity contribution in [1.82, 2.24) is 9.80 Å². The van der Waals surface area contributed by atoms with Crippen LogP contribution in [-0.2, 0) is 14.4 Å². The number of carbonyl (C=O) groups is 3. The molecule has 3 fully saturated rings. The fraction of sp³-hybridized carbons (Fsp3) is 0.833. The maximum atomic E-state index is 12.4. The number of fused-ring (bicyclic) bond motifs is 1. The first-order valence-corrected chi connectivity index (χ1v) is 9.31. The molecule has 2 heterocycles. The molecule has 2 saturated heterocycles. The molecular weight excluding hydrogens is 292 g/mol. The number of rotatable bonds is 3. The van der Waals surface area contributed by atoms with Crippen molar-refractivity contribution in [1.29, 1.82) is 0 Å². The third-order valence-corrected chi connectivity index (χ3v) is 5.69. The van der Waals surface area contributed by atoms with Crippen molar-refractivity contribution in [3.63, 3.8) is 0 Å². The van der Waals surface area contributed by atoms with Gasteiger partial charge in [-0.25, -0.2) is 0 Å². The molecule has 0 N–H and O–H groups in total. The molecule has 0 aromatic carbocycles. The van der Waals surface area contributed by atoms with Crippen LogP contribution in [0.15, 0.2) is 0 Å². The molecule has 5 heteroatoms. The zero-order valence-corrected chi connectivity index (χ0v) is 14.0. The molecule has 128 valence electrons. The van der Waals surface area contributed by atoms with E-state index in [1.165, 1.54) is 24.2 Å². The van der Waals surface area contributed by atoms with E-state index < -0.39 is 0 Å². The molecule has 0 bridgehead atoms. The van der Waals surface area contributed by atoms with Gasteiger partial charge >= 0.3 is 0 Å². The summed E-state index contributed by atoms with van der Waals surface area (Å²) in [6.45, 7) is 1.93. The van der Waals surface area contributed by atoms with E-state index in [0.29, 0.717) is 0 Å². The molecule has 3 rings (SSSR count). The minimum absolute atomic E-state index is 0.0276. The van der Waals surface area contributed by atoms with Gasteiger partial charge in [0.25, 0.3) is 0 Å². The number of amides is 3. The van der Waals surface area contributed by atoms with Gasteiger partial charge < -0.3 is 4.90 Å². The summed E-state index contributed by atoms with van der Waals surface area (Å²) in [7, 11) is 0. The minimum Gasteiger partial charge on any atom is -0.343 e. The van der Waals surface area contributed by atoms with Crippen LogP contribution >= 0.6 is 0 Å². The van der Waals surface area contributed by atoms with Gasteiger partial charge in [0.15, 0.2) is 0 Å². The quantitative estimate of drug-likeness (QED) is 0.750. The Morgan fingerprint density at radius 2 is 1.35 bits per heavy atom. The standard InChI is InChI=1S/C18H28N2O3/c21-16(19-11-6-2-1-3-7-12-19)10-13-20-17(22)14-8-4-5-9-15(14)18(20)23/h14-15H,1-13H2. The van der Waals surface area contributed by atoms with Crippen LogP contribution in [0.25, 0.3) is 0 Å². The Balaban J connectivity index is 1.53. The van der Waals surface area contributed by atoms with Gasteiger partial charge in [0.1, 0.15) is 0 Å². The SMILES string of the molecule is O=C(CCN1C(=O)C2CCCCC2C1=O)N1CCCCCCC1. The van der Waals surface area contributed by atoms with Crippen molar-refractivity contribution >= 4 is 17.7 Å². The molecule has 5 nitrogen and oxygen atoms in total. The van der Waals surface area contributed by atoms with Gasteiger partial charge in [-0.3, -0.25) is 19.3 Å². The Morgan fingerprint density at radius 1 is 0.826 bits per heavy atom. The topological polar surface area (TPSA) is 57.7 Å². The van der Waals surface area contributed by atoms with E-state index in [2.05, 4.69) is 0 Å². The summed E-state index contributed by atoms with van der Waals surface area (Å²) in [5.41, 5.74) is 0. The lowest BCUT2D eigenvalue weighted by Gasteiger charge is -2.25. The summed E-state index contributed by atoms with van der Waals surface area (Å²) >= 11 is 0. The van der Waals surface area contributed by atoms with Crippen molar-refractivity contribution in [2.24, 2.45) is 11.8 Å². The van der Waals surface area contributed by atoms with Gasteiger partial charge in [0.2, 0.25) is 17.7 Å². The largest absolute Gasteiger partial charge is 0.343 e. The van der Waals surface area contributed by atoms with Crippen LogP contribution in [0, 0.1) is 11.8 Å². The first kappa shape index (κ1) is 16.5. The first-order chi connectivity index (χ1) is 11.2. The summed E-state index contributed by atoms with van der Waals surface area (Å²) in [6.07, 6.45) is 9.83. The van der Waals surface area contributed by atoms with Crippen molar-refractivity contribution in [3.05, 3.63) is 0 Å². The lowest BCUT2D eigenvalue weighted by Crippen LogP contribution is -2.38. The van der Waals surface area contributed by atoms with E-state index in [1.807, 2.05) is 4.90 Å². The number of carbonyl (C=O) groups excluding carboxylic acids is 3. The third-order valence-electron chi connectivity index (χ3n) is 5.69. The Labute approximate surface area is 138 Å². The van der Waals surface area contributed by atoms with Gasteiger partial charge in [0, 0.05) is 26.1 Å². The van der Waals surface area contributed by atoms with Crippen LogP contribution in [0.2, 0.25) is 0 Å². The lowest BCUT2D eigenvalue weighted by molar-refractivity contribution is -0.140. The van der Waals surface area contributed by atoms with Crippen LogP contribution in [-0.4, -0.2) is 47.2 Å². The van der Waals surface area contributed by atoms with E-state index in [9.17, 15) is 14.4 Å². The molecule has 0 aromatic rings. The molecule has 3 amide bonds. The highest BCUT2D eigenvalue weighted by Crippen LogP contribution is 2.38. The van der Waals surface area contributed by atoms with E-state index >= 15 is 0 Å². The Hall–Kier alpha value is -1.39. The summed E-state index contributed by atoms with van der Waals surface area (Å²) in [6, 6.07) is 0. The highest BCUT2D eigenvalue weighted by Gasteiger charge is 2.47. The van der Waals surface area contributed by atoms with Gasteiger partial charge in [-0.1, -0.05) is 32.1 Å². The van der Waals surface area contributed by atoms with Crippen molar-refractivity contribution in [2.75, 3.05) is 19.6 Å². The van der Waals surface area contributed by atoms with E-state index in [-0.39, 0.29) is 42.5 Å². The van der Waals surface area contributed by atoms with E-state index in [1.54, 1.807) is 0 Å². The van der Waals surface area contributed by atoms with E-state index in [0.717, 1.165) is 51.6 Å². The predicted molar refractivity (Wildman–Crippen MR) is 86.5 cm³/mol. The highest BCUT2D eigenvalue weighted by molar-refractivity contribution is 6.05. The van der Waals surface area contributed by atoms with Gasteiger partial charge in [-0.05, 0) is 25.7 Å². The number of hydrogen-bond acceptors (Lipinski definition) is 3. The molecule has 0 spiro atoms. The van der Waals surface area contributed by atoms with Crippen molar-refractivity contribution < 1.29 is 14.4 Å². The third kappa shape index (κ3) is 3.59. The monoisotopic (exact) mass is 320 g/mol. The molecule has 2 atom stereocenters. The summed E-state index contributed by atoms with van der Waals surface area (Å²) in [5, 5.41) is 0. The highest BCUT2D eigenvalue weighted by atomic mass is 16.2. The fourth-order valence-electron chi connectivity index (χ4n) is 4.31. The summed E-state index contributed by atoms with van der Waals surface area (Å²) in [5.74, 6) is -0.163. The van der Waals surface area contributed by atoms with Crippen LogP contribution in [0.5, 0.6) is 0 Å². The Morgan fingerprint density at radius 3 is 1.91 bits per heavy atom.